The zero-order valence-corrected chi connectivity index (χ0v) is 20.4. The molecule has 7 nitrogen and oxygen atoms in total. The molecule has 1 atom stereocenters. The fourth-order valence-electron chi connectivity index (χ4n) is 4.67. The number of hydrogen-bond donors (Lipinski definition) is 1. The van der Waals surface area contributed by atoms with Gasteiger partial charge in [-0.1, -0.05) is 24.3 Å². The number of morpholine rings is 1. The fourth-order valence-corrected chi connectivity index (χ4v) is 5.76. The van der Waals surface area contributed by atoms with Crippen molar-refractivity contribution in [1.82, 2.24) is 19.8 Å². The summed E-state index contributed by atoms with van der Waals surface area (Å²) in [4.78, 5) is 33.5. The van der Waals surface area contributed by atoms with Crippen molar-refractivity contribution >= 4 is 44.3 Å². The Morgan fingerprint density at radius 1 is 1.21 bits per heavy atom. The van der Waals surface area contributed by atoms with Gasteiger partial charge in [0.15, 0.2) is 0 Å². The van der Waals surface area contributed by atoms with Crippen LogP contribution in [0, 0.1) is 0 Å². The number of nitrogens with one attached hydrogen (secondary N) is 1. The first-order valence-corrected chi connectivity index (χ1v) is 12.4. The van der Waals surface area contributed by atoms with Crippen molar-refractivity contribution in [3.8, 4) is 0 Å². The van der Waals surface area contributed by atoms with Crippen molar-refractivity contribution in [2.75, 3.05) is 19.7 Å². The number of rotatable bonds is 5. The van der Waals surface area contributed by atoms with E-state index in [0.717, 1.165) is 38.8 Å². The van der Waals surface area contributed by atoms with E-state index in [9.17, 15) is 9.59 Å². The molecule has 1 aliphatic heterocycles. The third kappa shape index (κ3) is 4.24. The topological polar surface area (TPSA) is 76.5 Å². The predicted octanol–water partition coefficient (Wildman–Crippen LogP) is 4.62. The lowest BCUT2D eigenvalue weighted by molar-refractivity contribution is -0.0322. The first-order valence-electron chi connectivity index (χ1n) is 11.5. The number of benzene rings is 1. The largest absolute Gasteiger partial charge is 0.371 e. The maximum atomic E-state index is 13.0. The van der Waals surface area contributed by atoms with Crippen molar-refractivity contribution in [2.24, 2.45) is 0 Å². The Kier molecular flexibility index (Phi) is 6.20. The molecule has 1 aromatic carbocycles. The minimum Gasteiger partial charge on any atom is -0.371 e. The zero-order chi connectivity index (χ0) is 23.8. The van der Waals surface area contributed by atoms with Crippen molar-refractivity contribution in [3.63, 3.8) is 0 Å². The average molecular weight is 477 g/mol. The molecule has 1 saturated heterocycles. The number of para-hydroxylation sites is 1. The van der Waals surface area contributed by atoms with Crippen molar-refractivity contribution in [3.05, 3.63) is 64.8 Å². The third-order valence-electron chi connectivity index (χ3n) is 6.13. The van der Waals surface area contributed by atoms with Crippen LogP contribution in [0.3, 0.4) is 0 Å². The summed E-state index contributed by atoms with van der Waals surface area (Å²) in [5, 5.41) is 5.08. The number of aromatic nitrogens is 2. The predicted molar refractivity (Wildman–Crippen MR) is 134 cm³/mol. The molecule has 1 fully saturated rings. The van der Waals surface area contributed by atoms with Crippen LogP contribution in [0.5, 0.6) is 0 Å². The highest BCUT2D eigenvalue weighted by molar-refractivity contribution is 7.20. The van der Waals surface area contributed by atoms with E-state index in [1.54, 1.807) is 17.7 Å². The molecule has 0 unspecified atom stereocenters. The molecule has 3 aromatic heterocycles. The molecule has 4 aromatic rings. The van der Waals surface area contributed by atoms with E-state index >= 15 is 0 Å². The molecule has 1 aliphatic rings. The monoisotopic (exact) mass is 476 g/mol. The van der Waals surface area contributed by atoms with Gasteiger partial charge in [-0.15, -0.1) is 11.3 Å². The molecule has 0 saturated carbocycles. The first kappa shape index (κ1) is 22.7. The summed E-state index contributed by atoms with van der Waals surface area (Å²) in [6, 6.07) is 12.0. The number of fused-ring (bicyclic) bond motifs is 2. The molecular formula is C26H28N4O3S. The number of nitrogens with zero attached hydrogens (tertiary/aromatic N) is 3. The number of ether oxygens (including phenoxy) is 1. The van der Waals surface area contributed by atoms with E-state index in [4.69, 9.17) is 4.74 Å². The van der Waals surface area contributed by atoms with E-state index in [2.05, 4.69) is 21.3 Å². The van der Waals surface area contributed by atoms with E-state index in [1.807, 2.05) is 50.4 Å². The molecular weight excluding hydrogens is 448 g/mol. The van der Waals surface area contributed by atoms with Gasteiger partial charge in [0.1, 0.15) is 9.71 Å². The fraction of sp³-hybridized carbons (Fsp3) is 0.346. The summed E-state index contributed by atoms with van der Waals surface area (Å²) in [5.41, 5.74) is 2.96. The quantitative estimate of drug-likeness (QED) is 0.455. The van der Waals surface area contributed by atoms with Gasteiger partial charge in [0.25, 0.3) is 5.91 Å². The molecule has 0 aliphatic carbocycles. The number of hydrogen-bond acceptors (Lipinski definition) is 6. The van der Waals surface area contributed by atoms with Crippen LogP contribution in [0.25, 0.3) is 21.1 Å². The Morgan fingerprint density at radius 3 is 2.79 bits per heavy atom. The summed E-state index contributed by atoms with van der Waals surface area (Å²) in [5.74, 6) is -0.0846. The lowest BCUT2D eigenvalue weighted by Gasteiger charge is -2.33. The van der Waals surface area contributed by atoms with Gasteiger partial charge in [0, 0.05) is 61.3 Å². The molecule has 1 amide bonds. The molecule has 1 N–H and O–H groups in total. The lowest BCUT2D eigenvalue weighted by Crippen LogP contribution is -2.38. The molecule has 5 rings (SSSR count). The van der Waals surface area contributed by atoms with Crippen LogP contribution in [-0.4, -0.2) is 52.0 Å². The van der Waals surface area contributed by atoms with Gasteiger partial charge in [-0.3, -0.25) is 19.1 Å². The van der Waals surface area contributed by atoms with Gasteiger partial charge in [0.2, 0.25) is 5.91 Å². The van der Waals surface area contributed by atoms with Crippen molar-refractivity contribution < 1.29 is 14.3 Å². The number of carbonyl (C=O) groups excluding carboxylic acids is 2. The molecule has 34 heavy (non-hydrogen) atoms. The first-order chi connectivity index (χ1) is 16.4. The van der Waals surface area contributed by atoms with E-state index in [1.165, 1.54) is 11.3 Å². The van der Waals surface area contributed by atoms with Crippen LogP contribution in [0.4, 0.5) is 0 Å². The van der Waals surface area contributed by atoms with Gasteiger partial charge in [0.05, 0.1) is 18.2 Å². The Bertz CT molecular complexity index is 1370. The number of pyridine rings is 1. The average Bonchev–Trinajstić information content (AvgIpc) is 3.38. The zero-order valence-electron chi connectivity index (χ0n) is 19.6. The van der Waals surface area contributed by atoms with E-state index < -0.39 is 0 Å². The van der Waals surface area contributed by atoms with E-state index in [0.29, 0.717) is 24.6 Å². The highest BCUT2D eigenvalue weighted by atomic mass is 32.1. The normalized spacial score (nSPS) is 17.0. The van der Waals surface area contributed by atoms with Crippen LogP contribution in [0.1, 0.15) is 52.5 Å². The number of thiophene rings is 1. The summed E-state index contributed by atoms with van der Waals surface area (Å²) < 4.78 is 7.94. The second kappa shape index (κ2) is 9.29. The minimum absolute atomic E-state index is 0.000328. The van der Waals surface area contributed by atoms with Gasteiger partial charge < -0.3 is 10.1 Å². The third-order valence-corrected chi connectivity index (χ3v) is 7.26. The highest BCUT2D eigenvalue weighted by Crippen LogP contribution is 2.37. The Balaban J connectivity index is 1.46. The van der Waals surface area contributed by atoms with Crippen molar-refractivity contribution in [2.45, 2.75) is 39.5 Å². The number of carbonyl (C=O) groups is 2. The molecule has 4 heterocycles. The van der Waals surface area contributed by atoms with Crippen LogP contribution in [0.2, 0.25) is 0 Å². The molecule has 176 valence electrons. The standard InChI is InChI=1S/C26H28N4O3S/c1-16(2)28-25(32)24-23(20-8-6-10-27-26(20)34-24)22-15-29(11-12-33-22)13-18-14-30(17(3)31)21-9-5-4-7-19(18)21/h4-10,14,16,22H,11-13,15H2,1-3H3,(H,28,32)/t22-/m0/s1. The summed E-state index contributed by atoms with van der Waals surface area (Å²) in [6.07, 6.45) is 3.47. The van der Waals surface area contributed by atoms with E-state index in [-0.39, 0.29) is 24.0 Å². The van der Waals surface area contributed by atoms with Crippen LogP contribution in [-0.2, 0) is 11.3 Å². The van der Waals surface area contributed by atoms with Gasteiger partial charge in [-0.05, 0) is 31.5 Å². The maximum absolute atomic E-state index is 13.0. The Hall–Kier alpha value is -3.07. The summed E-state index contributed by atoms with van der Waals surface area (Å²) in [6.45, 7) is 8.21. The van der Waals surface area contributed by atoms with Gasteiger partial charge >= 0.3 is 0 Å². The second-order valence-corrected chi connectivity index (χ2v) is 9.98. The molecule has 0 spiro atoms. The SMILES string of the molecule is CC(=O)n1cc(CN2CCO[C@H](c3c(C(=O)NC(C)C)sc4ncccc34)C2)c2ccccc21. The number of amides is 1. The molecule has 0 radical (unpaired) electrons. The molecule has 8 heteroatoms. The summed E-state index contributed by atoms with van der Waals surface area (Å²) in [7, 11) is 0. The van der Waals surface area contributed by atoms with Crippen LogP contribution in [0.15, 0.2) is 48.8 Å². The smallest absolute Gasteiger partial charge is 0.262 e. The molecule has 0 bridgehead atoms. The van der Waals surface area contributed by atoms with Crippen molar-refractivity contribution in [1.29, 1.82) is 0 Å². The highest BCUT2D eigenvalue weighted by Gasteiger charge is 2.30. The van der Waals surface area contributed by atoms with Crippen LogP contribution < -0.4 is 5.32 Å². The Labute approximate surface area is 202 Å². The summed E-state index contributed by atoms with van der Waals surface area (Å²) >= 11 is 1.42. The Morgan fingerprint density at radius 2 is 2.00 bits per heavy atom. The maximum Gasteiger partial charge on any atom is 0.262 e. The second-order valence-electron chi connectivity index (χ2n) is 8.98. The minimum atomic E-state index is -0.235. The lowest BCUT2D eigenvalue weighted by atomic mass is 10.0. The van der Waals surface area contributed by atoms with Gasteiger partial charge in [-0.2, -0.15) is 0 Å². The van der Waals surface area contributed by atoms with Crippen LogP contribution >= 0.6 is 11.3 Å². The van der Waals surface area contributed by atoms with Gasteiger partial charge in [-0.25, -0.2) is 4.98 Å².